The molecular formula is C32H24N2O3. The largest absolute Gasteiger partial charge is 0.456 e. The van der Waals surface area contributed by atoms with Crippen molar-refractivity contribution in [2.45, 2.75) is 12.0 Å². The van der Waals surface area contributed by atoms with Crippen LogP contribution in [0.2, 0.25) is 0 Å². The maximum atomic E-state index is 13.1. The zero-order valence-corrected chi connectivity index (χ0v) is 20.0. The standard InChI is InChI=1S/C32H24N2O3/c35-31-25-13-7-8-14-26(25)32(37-31)27-17-15-23(33-21-9-3-1-4-10-21)19-29(27)36-30-20-24(16-18-28(30)32)34-22-11-5-2-6-12-22/h1-13,15-20,26,33-34H,14H2. The number of allylic oxidation sites excluding steroid dienone is 3. The lowest BCUT2D eigenvalue weighted by atomic mass is 9.70. The molecule has 1 spiro atoms. The smallest absolute Gasteiger partial charge is 0.335 e. The number of fused-ring (bicyclic) bond motifs is 6. The molecular weight excluding hydrogens is 460 g/mol. The lowest BCUT2D eigenvalue weighted by Crippen LogP contribution is -2.37. The van der Waals surface area contributed by atoms with Crippen molar-refractivity contribution >= 4 is 28.7 Å². The predicted octanol–water partition coefficient (Wildman–Crippen LogP) is 7.58. The van der Waals surface area contributed by atoms with E-state index in [9.17, 15) is 4.79 Å². The first-order chi connectivity index (χ1) is 18.2. The number of carbonyl (C=O) groups is 1. The van der Waals surface area contributed by atoms with E-state index in [1.54, 1.807) is 0 Å². The number of ether oxygens (including phenoxy) is 2. The first kappa shape index (κ1) is 21.5. The third kappa shape index (κ3) is 3.51. The Morgan fingerprint density at radius 1 is 0.703 bits per heavy atom. The Balaban J connectivity index is 1.35. The first-order valence-electron chi connectivity index (χ1n) is 12.4. The van der Waals surface area contributed by atoms with Crippen LogP contribution in [0.1, 0.15) is 17.5 Å². The molecule has 0 radical (unpaired) electrons. The Hall–Kier alpha value is -4.77. The van der Waals surface area contributed by atoms with E-state index in [1.165, 1.54) is 0 Å². The van der Waals surface area contributed by atoms with Crippen molar-refractivity contribution in [1.29, 1.82) is 0 Å². The number of carbonyl (C=O) groups excluding carboxylic acids is 1. The molecule has 5 nitrogen and oxygen atoms in total. The Morgan fingerprint density at radius 3 is 1.84 bits per heavy atom. The minimum Gasteiger partial charge on any atom is -0.456 e. The predicted molar refractivity (Wildman–Crippen MR) is 145 cm³/mol. The lowest BCUT2D eigenvalue weighted by molar-refractivity contribution is -0.145. The van der Waals surface area contributed by atoms with Gasteiger partial charge in [0.1, 0.15) is 11.5 Å². The fourth-order valence-electron chi connectivity index (χ4n) is 5.61. The summed E-state index contributed by atoms with van der Waals surface area (Å²) in [4.78, 5) is 13.1. The number of benzene rings is 4. The molecule has 1 saturated heterocycles. The van der Waals surface area contributed by atoms with Crippen LogP contribution in [0.15, 0.2) is 121 Å². The van der Waals surface area contributed by atoms with Gasteiger partial charge in [-0.25, -0.2) is 4.79 Å². The summed E-state index contributed by atoms with van der Waals surface area (Å²) < 4.78 is 12.9. The van der Waals surface area contributed by atoms with Crippen LogP contribution in [-0.4, -0.2) is 5.97 Å². The number of rotatable bonds is 4. The van der Waals surface area contributed by atoms with Crippen LogP contribution in [0.3, 0.4) is 0 Å². The molecule has 7 rings (SSSR count). The van der Waals surface area contributed by atoms with Crippen LogP contribution in [0.4, 0.5) is 22.7 Å². The minimum atomic E-state index is -0.951. The van der Waals surface area contributed by atoms with Crippen LogP contribution < -0.4 is 15.4 Å². The quantitative estimate of drug-likeness (QED) is 0.292. The molecule has 4 aromatic carbocycles. The summed E-state index contributed by atoms with van der Waals surface area (Å²) in [5.74, 6) is 0.946. The maximum absolute atomic E-state index is 13.1. The van der Waals surface area contributed by atoms with Gasteiger partial charge in [-0.1, -0.05) is 54.6 Å². The number of nitrogens with one attached hydrogen (secondary N) is 2. The summed E-state index contributed by atoms with van der Waals surface area (Å²) in [5, 5.41) is 6.89. The molecule has 2 heterocycles. The van der Waals surface area contributed by atoms with Crippen molar-refractivity contribution in [3.05, 3.63) is 132 Å². The van der Waals surface area contributed by atoms with Crippen LogP contribution in [-0.2, 0) is 15.1 Å². The van der Waals surface area contributed by atoms with E-state index in [0.717, 1.165) is 33.9 Å². The van der Waals surface area contributed by atoms with Crippen LogP contribution in [0.25, 0.3) is 0 Å². The second-order valence-electron chi connectivity index (χ2n) is 9.47. The van der Waals surface area contributed by atoms with Gasteiger partial charge in [0.25, 0.3) is 0 Å². The lowest BCUT2D eigenvalue weighted by Gasteiger charge is -2.40. The Bertz CT molecular complexity index is 1480. The zero-order chi connectivity index (χ0) is 24.8. The number of para-hydroxylation sites is 2. The third-order valence-electron chi connectivity index (χ3n) is 7.25. The van der Waals surface area contributed by atoms with Crippen molar-refractivity contribution < 1.29 is 14.3 Å². The SMILES string of the molecule is O=C1OC2(c3ccc(Nc4ccccc4)cc3Oc3cc(Nc4ccccc4)ccc32)C2CC=CC=C12. The summed E-state index contributed by atoms with van der Waals surface area (Å²) in [6.07, 6.45) is 6.64. The van der Waals surface area contributed by atoms with Gasteiger partial charge in [0.2, 0.25) is 0 Å². The average molecular weight is 485 g/mol. The fraction of sp³-hybridized carbons (Fsp3) is 0.0938. The van der Waals surface area contributed by atoms with E-state index in [-0.39, 0.29) is 11.9 Å². The van der Waals surface area contributed by atoms with Crippen molar-refractivity contribution in [2.24, 2.45) is 5.92 Å². The van der Waals surface area contributed by atoms with Crippen LogP contribution in [0.5, 0.6) is 11.5 Å². The molecule has 1 unspecified atom stereocenters. The molecule has 0 bridgehead atoms. The van der Waals surface area contributed by atoms with E-state index < -0.39 is 5.60 Å². The van der Waals surface area contributed by atoms with Gasteiger partial charge < -0.3 is 20.1 Å². The highest BCUT2D eigenvalue weighted by molar-refractivity contribution is 5.94. The first-order valence-corrected chi connectivity index (χ1v) is 12.4. The van der Waals surface area contributed by atoms with Crippen LogP contribution in [0, 0.1) is 5.92 Å². The average Bonchev–Trinajstić information content (AvgIpc) is 3.22. The van der Waals surface area contributed by atoms with Crippen LogP contribution >= 0.6 is 0 Å². The van der Waals surface area contributed by atoms with Crippen molar-refractivity contribution in [2.75, 3.05) is 10.6 Å². The maximum Gasteiger partial charge on any atom is 0.335 e. The highest BCUT2D eigenvalue weighted by Crippen LogP contribution is 2.59. The van der Waals surface area contributed by atoms with Crippen molar-refractivity contribution in [3.8, 4) is 11.5 Å². The van der Waals surface area contributed by atoms with Gasteiger partial charge in [0, 0.05) is 57.5 Å². The fourth-order valence-corrected chi connectivity index (χ4v) is 5.61. The monoisotopic (exact) mass is 484 g/mol. The molecule has 0 amide bonds. The van der Waals surface area contributed by atoms with E-state index in [0.29, 0.717) is 23.5 Å². The molecule has 0 saturated carbocycles. The van der Waals surface area contributed by atoms with E-state index in [2.05, 4.69) is 16.7 Å². The highest BCUT2D eigenvalue weighted by Gasteiger charge is 2.58. The number of esters is 1. The van der Waals surface area contributed by atoms with Crippen molar-refractivity contribution in [3.63, 3.8) is 0 Å². The second kappa shape index (κ2) is 8.42. The summed E-state index contributed by atoms with van der Waals surface area (Å²) in [6, 6.07) is 32.1. The summed E-state index contributed by atoms with van der Waals surface area (Å²) in [6.45, 7) is 0. The topological polar surface area (TPSA) is 59.6 Å². The Morgan fingerprint density at radius 2 is 1.27 bits per heavy atom. The summed E-state index contributed by atoms with van der Waals surface area (Å²) in [5.41, 5.74) is 5.23. The van der Waals surface area contributed by atoms with Gasteiger partial charge in [-0.2, -0.15) is 0 Å². The molecule has 5 heteroatoms. The molecule has 180 valence electrons. The van der Waals surface area contributed by atoms with Gasteiger partial charge in [0.05, 0.1) is 0 Å². The number of hydrogen-bond acceptors (Lipinski definition) is 5. The van der Waals surface area contributed by atoms with Gasteiger partial charge >= 0.3 is 5.97 Å². The highest BCUT2D eigenvalue weighted by atomic mass is 16.6. The van der Waals surface area contributed by atoms with Gasteiger partial charge in [-0.3, -0.25) is 0 Å². The number of anilines is 4. The molecule has 1 fully saturated rings. The summed E-state index contributed by atoms with van der Waals surface area (Å²) in [7, 11) is 0. The third-order valence-corrected chi connectivity index (χ3v) is 7.25. The van der Waals surface area contributed by atoms with Crippen molar-refractivity contribution in [1.82, 2.24) is 0 Å². The molecule has 3 aliphatic rings. The summed E-state index contributed by atoms with van der Waals surface area (Å²) >= 11 is 0. The molecule has 2 aliphatic heterocycles. The molecule has 2 N–H and O–H groups in total. The molecule has 1 aliphatic carbocycles. The molecule has 37 heavy (non-hydrogen) atoms. The Labute approximate surface area is 215 Å². The van der Waals surface area contributed by atoms with Gasteiger partial charge in [0.15, 0.2) is 5.60 Å². The van der Waals surface area contributed by atoms with E-state index >= 15 is 0 Å². The van der Waals surface area contributed by atoms with E-state index in [4.69, 9.17) is 9.47 Å². The minimum absolute atomic E-state index is 0.132. The second-order valence-corrected chi connectivity index (χ2v) is 9.47. The molecule has 0 aromatic heterocycles. The zero-order valence-electron chi connectivity index (χ0n) is 20.0. The van der Waals surface area contributed by atoms with Gasteiger partial charge in [-0.05, 0) is 55.0 Å². The molecule has 1 atom stereocenters. The van der Waals surface area contributed by atoms with E-state index in [1.807, 2.05) is 109 Å². The van der Waals surface area contributed by atoms with Gasteiger partial charge in [-0.15, -0.1) is 0 Å². The number of hydrogen-bond donors (Lipinski definition) is 2. The Kier molecular flexibility index (Phi) is 4.89. The molecule has 4 aromatic rings. The normalized spacial score (nSPS) is 18.1.